The summed E-state index contributed by atoms with van der Waals surface area (Å²) in [5.74, 6) is 0. The molecule has 1 N–H and O–H groups in total. The molecule has 0 amide bonds. The zero-order valence-corrected chi connectivity index (χ0v) is 13.1. The van der Waals surface area contributed by atoms with Gasteiger partial charge in [0.05, 0.1) is 30.1 Å². The summed E-state index contributed by atoms with van der Waals surface area (Å²) >= 11 is 0. The maximum absolute atomic E-state index is 12.3. The first-order chi connectivity index (χ1) is 10.5. The van der Waals surface area contributed by atoms with Gasteiger partial charge in [-0.05, 0) is 13.8 Å². The number of anilines is 1. The van der Waals surface area contributed by atoms with E-state index in [2.05, 4.69) is 35.1 Å². The Kier molecular flexibility index (Phi) is 3.62. The van der Waals surface area contributed by atoms with Crippen molar-refractivity contribution in [2.45, 2.75) is 32.4 Å². The van der Waals surface area contributed by atoms with Gasteiger partial charge in [-0.1, -0.05) is 0 Å². The van der Waals surface area contributed by atoms with E-state index < -0.39 is 0 Å². The first-order valence-electron chi connectivity index (χ1n) is 7.46. The van der Waals surface area contributed by atoms with Crippen molar-refractivity contribution < 1.29 is 0 Å². The standard InChI is InChI=1S/C15H20N6O/c1-10-8-20(11(2)7-17-10)13-6-14(22)19(3)21-9-12(4-5-16)18-15(13)21/h6,9-11,17H,4,7-8H2,1-3H3/t10-,11+/m1/s1. The van der Waals surface area contributed by atoms with Crippen molar-refractivity contribution in [3.05, 3.63) is 28.3 Å². The fourth-order valence-electron chi connectivity index (χ4n) is 2.94. The zero-order valence-electron chi connectivity index (χ0n) is 13.1. The summed E-state index contributed by atoms with van der Waals surface area (Å²) in [4.78, 5) is 19.0. The molecule has 2 atom stereocenters. The van der Waals surface area contributed by atoms with Crippen LogP contribution in [0, 0.1) is 11.3 Å². The Morgan fingerprint density at radius 3 is 3.00 bits per heavy atom. The van der Waals surface area contributed by atoms with E-state index in [1.165, 1.54) is 4.68 Å². The highest BCUT2D eigenvalue weighted by Crippen LogP contribution is 2.23. The number of nitrogens with zero attached hydrogens (tertiary/aromatic N) is 5. The number of nitrogens with one attached hydrogen (secondary N) is 1. The molecule has 1 aliphatic rings. The molecule has 1 aliphatic heterocycles. The Hall–Kier alpha value is -2.33. The van der Waals surface area contributed by atoms with Gasteiger partial charge < -0.3 is 10.2 Å². The lowest BCUT2D eigenvalue weighted by molar-refractivity contribution is 0.424. The van der Waals surface area contributed by atoms with Gasteiger partial charge in [-0.2, -0.15) is 5.26 Å². The average molecular weight is 300 g/mol. The summed E-state index contributed by atoms with van der Waals surface area (Å²) in [6.07, 6.45) is 2.00. The second-order valence-corrected chi connectivity index (χ2v) is 5.94. The second kappa shape index (κ2) is 5.46. The molecule has 22 heavy (non-hydrogen) atoms. The number of fused-ring (bicyclic) bond motifs is 1. The molecule has 3 heterocycles. The molecule has 7 heteroatoms. The number of imidazole rings is 1. The van der Waals surface area contributed by atoms with E-state index in [-0.39, 0.29) is 18.0 Å². The van der Waals surface area contributed by atoms with E-state index in [1.54, 1.807) is 23.8 Å². The fourth-order valence-corrected chi connectivity index (χ4v) is 2.94. The highest BCUT2D eigenvalue weighted by molar-refractivity contribution is 5.69. The number of rotatable bonds is 2. The first kappa shape index (κ1) is 14.6. The highest BCUT2D eigenvalue weighted by Gasteiger charge is 2.26. The third kappa shape index (κ3) is 2.35. The van der Waals surface area contributed by atoms with Crippen LogP contribution >= 0.6 is 0 Å². The molecule has 0 bridgehead atoms. The molecule has 116 valence electrons. The highest BCUT2D eigenvalue weighted by atomic mass is 16.1. The predicted molar refractivity (Wildman–Crippen MR) is 84.0 cm³/mol. The van der Waals surface area contributed by atoms with Crippen LogP contribution in [0.5, 0.6) is 0 Å². The molecule has 0 radical (unpaired) electrons. The van der Waals surface area contributed by atoms with Crippen LogP contribution in [0.25, 0.3) is 5.65 Å². The minimum absolute atomic E-state index is 0.0817. The number of hydrogen-bond acceptors (Lipinski definition) is 5. The monoisotopic (exact) mass is 300 g/mol. The zero-order chi connectivity index (χ0) is 15.9. The van der Waals surface area contributed by atoms with Crippen LogP contribution in [0.3, 0.4) is 0 Å². The van der Waals surface area contributed by atoms with E-state index >= 15 is 0 Å². The molecule has 0 saturated carbocycles. The molecule has 0 spiro atoms. The van der Waals surface area contributed by atoms with Crippen LogP contribution < -0.4 is 15.8 Å². The summed E-state index contributed by atoms with van der Waals surface area (Å²) in [5.41, 5.74) is 2.17. The Morgan fingerprint density at radius 2 is 2.27 bits per heavy atom. The van der Waals surface area contributed by atoms with Gasteiger partial charge in [-0.25, -0.2) is 14.2 Å². The van der Waals surface area contributed by atoms with E-state index in [0.717, 1.165) is 24.4 Å². The van der Waals surface area contributed by atoms with Crippen LogP contribution in [0.1, 0.15) is 19.5 Å². The van der Waals surface area contributed by atoms with E-state index in [0.29, 0.717) is 11.7 Å². The maximum Gasteiger partial charge on any atom is 0.267 e. The first-order valence-corrected chi connectivity index (χ1v) is 7.46. The van der Waals surface area contributed by atoms with Gasteiger partial charge in [0.25, 0.3) is 5.56 Å². The van der Waals surface area contributed by atoms with Crippen LogP contribution in [-0.4, -0.2) is 39.4 Å². The molecule has 1 fully saturated rings. The SMILES string of the molecule is C[C@@H]1CN(c2cc(=O)n(C)n3cc(CC#N)nc23)[C@@H](C)CN1. The molecule has 1 saturated heterocycles. The second-order valence-electron chi connectivity index (χ2n) is 5.94. The summed E-state index contributed by atoms with van der Waals surface area (Å²) in [6, 6.07) is 4.39. The van der Waals surface area contributed by atoms with Crippen molar-refractivity contribution in [3.8, 4) is 6.07 Å². The topological polar surface area (TPSA) is 78.4 Å². The minimum Gasteiger partial charge on any atom is -0.363 e. The van der Waals surface area contributed by atoms with Gasteiger partial charge in [0.15, 0.2) is 5.65 Å². The molecule has 0 aromatic carbocycles. The number of aryl methyl sites for hydroxylation is 1. The third-order valence-corrected chi connectivity index (χ3v) is 4.20. The van der Waals surface area contributed by atoms with E-state index in [1.807, 2.05) is 0 Å². The van der Waals surface area contributed by atoms with Crippen molar-refractivity contribution in [1.29, 1.82) is 5.26 Å². The molecular formula is C15H20N6O. The predicted octanol–water partition coefficient (Wildman–Crippen LogP) is 0.286. The van der Waals surface area contributed by atoms with Crippen molar-refractivity contribution in [1.82, 2.24) is 19.5 Å². The van der Waals surface area contributed by atoms with E-state index in [9.17, 15) is 4.79 Å². The lowest BCUT2D eigenvalue weighted by Gasteiger charge is -2.39. The quantitative estimate of drug-likeness (QED) is 0.862. The van der Waals surface area contributed by atoms with Crippen molar-refractivity contribution in [3.63, 3.8) is 0 Å². The van der Waals surface area contributed by atoms with Crippen LogP contribution in [-0.2, 0) is 13.5 Å². The number of piperazine rings is 1. The Balaban J connectivity index is 2.18. The average Bonchev–Trinajstić information content (AvgIpc) is 2.90. The maximum atomic E-state index is 12.3. The summed E-state index contributed by atoms with van der Waals surface area (Å²) < 4.78 is 3.26. The molecule has 2 aromatic rings. The smallest absolute Gasteiger partial charge is 0.267 e. The van der Waals surface area contributed by atoms with Crippen LogP contribution in [0.2, 0.25) is 0 Å². The van der Waals surface area contributed by atoms with Crippen molar-refractivity contribution >= 4 is 11.3 Å². The van der Waals surface area contributed by atoms with Crippen LogP contribution in [0.15, 0.2) is 17.1 Å². The number of nitriles is 1. The largest absolute Gasteiger partial charge is 0.363 e. The lowest BCUT2D eigenvalue weighted by atomic mass is 10.1. The number of aromatic nitrogens is 3. The van der Waals surface area contributed by atoms with Gasteiger partial charge >= 0.3 is 0 Å². The van der Waals surface area contributed by atoms with Gasteiger partial charge in [0.2, 0.25) is 0 Å². The normalized spacial score (nSPS) is 22.0. The van der Waals surface area contributed by atoms with Crippen LogP contribution in [0.4, 0.5) is 5.69 Å². The van der Waals surface area contributed by atoms with Gasteiger partial charge in [-0.15, -0.1) is 0 Å². The summed E-state index contributed by atoms with van der Waals surface area (Å²) in [7, 11) is 1.71. The van der Waals surface area contributed by atoms with E-state index in [4.69, 9.17) is 5.26 Å². The molecular weight excluding hydrogens is 280 g/mol. The van der Waals surface area contributed by atoms with Crippen molar-refractivity contribution in [2.24, 2.45) is 7.05 Å². The van der Waals surface area contributed by atoms with Gasteiger partial charge in [-0.3, -0.25) is 4.79 Å². The molecule has 3 rings (SSSR count). The number of hydrogen-bond donors (Lipinski definition) is 1. The summed E-state index contributed by atoms with van der Waals surface area (Å²) in [6.45, 7) is 5.95. The third-order valence-electron chi connectivity index (χ3n) is 4.20. The fraction of sp³-hybridized carbons (Fsp3) is 0.533. The summed E-state index contributed by atoms with van der Waals surface area (Å²) in [5, 5.41) is 12.3. The lowest BCUT2D eigenvalue weighted by Crippen LogP contribution is -2.54. The van der Waals surface area contributed by atoms with Gasteiger partial charge in [0, 0.05) is 38.3 Å². The Bertz CT molecular complexity index is 799. The van der Waals surface area contributed by atoms with Gasteiger partial charge in [0.1, 0.15) is 0 Å². The Morgan fingerprint density at radius 1 is 1.50 bits per heavy atom. The van der Waals surface area contributed by atoms with Crippen molar-refractivity contribution in [2.75, 3.05) is 18.0 Å². The minimum atomic E-state index is -0.0817. The Labute approximate surface area is 128 Å². The molecule has 2 aromatic heterocycles. The molecule has 7 nitrogen and oxygen atoms in total. The molecule has 0 unspecified atom stereocenters. The molecule has 0 aliphatic carbocycles.